The van der Waals surface area contributed by atoms with Crippen LogP contribution in [0.1, 0.15) is 16.1 Å². The van der Waals surface area contributed by atoms with Gasteiger partial charge < -0.3 is 9.72 Å². The van der Waals surface area contributed by atoms with Crippen molar-refractivity contribution in [1.82, 2.24) is 9.71 Å². The number of hydrogen-bond donors (Lipinski definition) is 2. The van der Waals surface area contributed by atoms with Crippen molar-refractivity contribution in [1.29, 1.82) is 0 Å². The van der Waals surface area contributed by atoms with Crippen molar-refractivity contribution in [3.05, 3.63) is 65.3 Å². The number of carbonyl (C=O) groups excluding carboxylic acids is 2. The highest BCUT2D eigenvalue weighted by molar-refractivity contribution is 7.92. The van der Waals surface area contributed by atoms with E-state index < -0.39 is 34.9 Å². The second-order valence-electron chi connectivity index (χ2n) is 4.75. The topological polar surface area (TPSA) is 105 Å². The van der Waals surface area contributed by atoms with Gasteiger partial charge in [0.15, 0.2) is 6.61 Å². The minimum absolute atomic E-state index is 0.314. The molecule has 126 valence electrons. The van der Waals surface area contributed by atoms with E-state index in [0.717, 1.165) is 5.41 Å². The van der Waals surface area contributed by atoms with Crippen molar-refractivity contribution < 1.29 is 22.7 Å². The van der Waals surface area contributed by atoms with Crippen LogP contribution in [0.5, 0.6) is 0 Å². The molecule has 0 atom stereocenters. The molecule has 0 amide bonds. The summed E-state index contributed by atoms with van der Waals surface area (Å²) in [6.45, 7) is -1.01. The van der Waals surface area contributed by atoms with Gasteiger partial charge in [0, 0.05) is 11.6 Å². The Bertz CT molecular complexity index is 811. The number of carbonyl (C=O) groups is 2. The van der Waals surface area contributed by atoms with Crippen LogP contribution >= 0.6 is 0 Å². The Kier molecular flexibility index (Phi) is 6.05. The van der Waals surface area contributed by atoms with E-state index in [1.54, 1.807) is 42.6 Å². The summed E-state index contributed by atoms with van der Waals surface area (Å²) in [4.78, 5) is 25.8. The fraction of sp³-hybridized carbons (Fsp3) is 0.125. The van der Waals surface area contributed by atoms with Crippen LogP contribution in [-0.4, -0.2) is 38.3 Å². The quantitative estimate of drug-likeness (QED) is 0.553. The molecular formula is C16H16N2O5S. The minimum Gasteiger partial charge on any atom is -0.456 e. The Morgan fingerprint density at radius 2 is 1.88 bits per heavy atom. The van der Waals surface area contributed by atoms with E-state index in [0.29, 0.717) is 11.3 Å². The van der Waals surface area contributed by atoms with Crippen molar-refractivity contribution in [2.45, 2.75) is 0 Å². The molecule has 0 aliphatic carbocycles. The number of hydrogen-bond acceptors (Lipinski definition) is 5. The van der Waals surface area contributed by atoms with E-state index in [9.17, 15) is 18.0 Å². The molecule has 8 heteroatoms. The molecule has 2 N–H and O–H groups in total. The van der Waals surface area contributed by atoms with Gasteiger partial charge in [-0.25, -0.2) is 13.1 Å². The highest BCUT2D eigenvalue weighted by Gasteiger charge is 2.13. The van der Waals surface area contributed by atoms with Crippen LogP contribution in [-0.2, 0) is 19.6 Å². The lowest BCUT2D eigenvalue weighted by Gasteiger charge is -2.04. The van der Waals surface area contributed by atoms with Crippen LogP contribution in [0.4, 0.5) is 0 Å². The molecule has 0 spiro atoms. The smallest absolute Gasteiger partial charge is 0.321 e. The molecule has 0 saturated heterocycles. The highest BCUT2D eigenvalue weighted by atomic mass is 32.2. The predicted octanol–water partition coefficient (Wildman–Crippen LogP) is 1.33. The molecule has 0 unspecified atom stereocenters. The van der Waals surface area contributed by atoms with E-state index in [1.165, 1.54) is 6.08 Å². The van der Waals surface area contributed by atoms with E-state index in [2.05, 4.69) is 9.71 Å². The minimum atomic E-state index is -3.78. The standard InChI is InChI=1S/C16H16N2O5S/c19-15(14-7-4-9-17-14)12-23-16(20)11-18-24(21,22)10-8-13-5-2-1-3-6-13/h1-10,17-18H,11-12H2. The second-order valence-corrected chi connectivity index (χ2v) is 6.40. The van der Waals surface area contributed by atoms with Crippen molar-refractivity contribution in [2.24, 2.45) is 0 Å². The zero-order valence-corrected chi connectivity index (χ0v) is 13.5. The molecule has 7 nitrogen and oxygen atoms in total. The Labute approximate surface area is 139 Å². The Balaban J connectivity index is 1.78. The second kappa shape index (κ2) is 8.23. The summed E-state index contributed by atoms with van der Waals surface area (Å²) in [5, 5.41) is 0.958. The molecule has 0 radical (unpaired) electrons. The number of esters is 1. The first-order valence-corrected chi connectivity index (χ1v) is 8.56. The molecule has 0 fully saturated rings. The van der Waals surface area contributed by atoms with Crippen LogP contribution in [0.25, 0.3) is 6.08 Å². The SMILES string of the molecule is O=C(CNS(=O)(=O)C=Cc1ccccc1)OCC(=O)c1ccc[nH]1. The number of rotatable bonds is 8. The van der Waals surface area contributed by atoms with E-state index in [-0.39, 0.29) is 0 Å². The predicted molar refractivity (Wildman–Crippen MR) is 88.5 cm³/mol. The molecule has 1 aromatic carbocycles. The number of Topliss-reactive ketones (excluding diaryl/α,β-unsaturated/α-hetero) is 1. The van der Waals surface area contributed by atoms with Gasteiger partial charge in [0.05, 0.1) is 5.69 Å². The summed E-state index contributed by atoms with van der Waals surface area (Å²) in [6, 6.07) is 12.0. The van der Waals surface area contributed by atoms with E-state index in [4.69, 9.17) is 4.74 Å². The molecule has 1 heterocycles. The number of aromatic amines is 1. The first kappa shape index (κ1) is 17.6. The van der Waals surface area contributed by atoms with Gasteiger partial charge in [-0.05, 0) is 23.8 Å². The summed E-state index contributed by atoms with van der Waals surface area (Å²) < 4.78 is 30.3. The Morgan fingerprint density at radius 3 is 2.54 bits per heavy atom. The zero-order chi connectivity index (χ0) is 17.4. The van der Waals surface area contributed by atoms with Crippen molar-refractivity contribution >= 4 is 27.9 Å². The highest BCUT2D eigenvalue weighted by Crippen LogP contribution is 2.02. The third kappa shape index (κ3) is 5.82. The maximum absolute atomic E-state index is 11.8. The number of H-pyrrole nitrogens is 1. The first-order chi connectivity index (χ1) is 11.5. The van der Waals surface area contributed by atoms with Crippen LogP contribution in [0.3, 0.4) is 0 Å². The van der Waals surface area contributed by atoms with Crippen LogP contribution in [0, 0.1) is 0 Å². The molecule has 24 heavy (non-hydrogen) atoms. The van der Waals surface area contributed by atoms with Crippen molar-refractivity contribution in [2.75, 3.05) is 13.2 Å². The summed E-state index contributed by atoms with van der Waals surface area (Å²) in [5.74, 6) is -1.24. The van der Waals surface area contributed by atoms with Gasteiger partial charge in [0.2, 0.25) is 15.8 Å². The number of aromatic nitrogens is 1. The average molecular weight is 348 g/mol. The third-order valence-electron chi connectivity index (χ3n) is 2.92. The number of ether oxygens (including phenoxy) is 1. The van der Waals surface area contributed by atoms with Crippen molar-refractivity contribution in [3.63, 3.8) is 0 Å². The molecule has 0 aliphatic heterocycles. The molecular weight excluding hydrogens is 332 g/mol. The Morgan fingerprint density at radius 1 is 1.12 bits per heavy atom. The van der Waals surface area contributed by atoms with Gasteiger partial charge in [0.25, 0.3) is 0 Å². The lowest BCUT2D eigenvalue weighted by atomic mass is 10.2. The lowest BCUT2D eigenvalue weighted by molar-refractivity contribution is -0.141. The van der Waals surface area contributed by atoms with Gasteiger partial charge in [-0.3, -0.25) is 9.59 Å². The van der Waals surface area contributed by atoms with Crippen LogP contribution < -0.4 is 4.72 Å². The molecule has 1 aromatic heterocycles. The maximum Gasteiger partial charge on any atom is 0.321 e. The van der Waals surface area contributed by atoms with Gasteiger partial charge in [-0.15, -0.1) is 0 Å². The molecule has 0 saturated carbocycles. The molecule has 2 rings (SSSR count). The van der Waals surface area contributed by atoms with Crippen molar-refractivity contribution in [3.8, 4) is 0 Å². The van der Waals surface area contributed by atoms with Gasteiger partial charge in [-0.2, -0.15) is 0 Å². The largest absolute Gasteiger partial charge is 0.456 e. The summed E-state index contributed by atoms with van der Waals surface area (Å²) in [7, 11) is -3.78. The molecule has 0 aliphatic rings. The first-order valence-electron chi connectivity index (χ1n) is 7.01. The Hall–Kier alpha value is -2.71. The number of sulfonamides is 1. The molecule has 0 bridgehead atoms. The normalized spacial score (nSPS) is 11.5. The van der Waals surface area contributed by atoms with Crippen LogP contribution in [0.2, 0.25) is 0 Å². The monoisotopic (exact) mass is 348 g/mol. The maximum atomic E-state index is 11.8. The molecule has 2 aromatic rings. The fourth-order valence-electron chi connectivity index (χ4n) is 1.72. The summed E-state index contributed by atoms with van der Waals surface area (Å²) in [5.41, 5.74) is 1.02. The van der Waals surface area contributed by atoms with E-state index in [1.807, 2.05) is 6.07 Å². The number of nitrogens with one attached hydrogen (secondary N) is 2. The third-order valence-corrected chi connectivity index (χ3v) is 3.96. The van der Waals surface area contributed by atoms with E-state index >= 15 is 0 Å². The fourth-order valence-corrected chi connectivity index (χ4v) is 2.47. The average Bonchev–Trinajstić information content (AvgIpc) is 3.12. The summed E-state index contributed by atoms with van der Waals surface area (Å²) >= 11 is 0. The van der Waals surface area contributed by atoms with Gasteiger partial charge >= 0.3 is 5.97 Å². The number of benzene rings is 1. The van der Waals surface area contributed by atoms with Gasteiger partial charge in [-0.1, -0.05) is 30.3 Å². The zero-order valence-electron chi connectivity index (χ0n) is 12.6. The summed E-state index contributed by atoms with van der Waals surface area (Å²) in [6.07, 6.45) is 2.98. The lowest BCUT2D eigenvalue weighted by Crippen LogP contribution is -2.30. The van der Waals surface area contributed by atoms with Crippen LogP contribution in [0.15, 0.2) is 54.1 Å². The number of ketones is 1. The van der Waals surface area contributed by atoms with Gasteiger partial charge in [0.1, 0.15) is 6.54 Å².